The van der Waals surface area contributed by atoms with Crippen molar-refractivity contribution >= 4 is 51.0 Å². The van der Waals surface area contributed by atoms with E-state index in [1.807, 2.05) is 49.2 Å². The smallest absolute Gasteiger partial charge is 0.253 e. The molecule has 1 unspecified atom stereocenters. The Hall–Kier alpha value is -4.33. The van der Waals surface area contributed by atoms with Gasteiger partial charge >= 0.3 is 0 Å². The van der Waals surface area contributed by atoms with E-state index in [-0.39, 0.29) is 29.9 Å². The van der Waals surface area contributed by atoms with Crippen LogP contribution in [0.1, 0.15) is 75.4 Å². The number of nitrogens with two attached hydrogens (primary N) is 1. The Kier molecular flexibility index (Phi) is 7.96. The van der Waals surface area contributed by atoms with E-state index in [1.54, 1.807) is 9.25 Å². The van der Waals surface area contributed by atoms with Gasteiger partial charge in [-0.25, -0.2) is 19.6 Å². The summed E-state index contributed by atoms with van der Waals surface area (Å²) >= 11 is 6.98. The maximum Gasteiger partial charge on any atom is 0.253 e. The normalized spacial score (nSPS) is 20.1. The summed E-state index contributed by atoms with van der Waals surface area (Å²) in [7, 11) is 1.86. The van der Waals surface area contributed by atoms with Gasteiger partial charge in [-0.3, -0.25) is 9.48 Å². The molecule has 3 fully saturated rings. The third-order valence-corrected chi connectivity index (χ3v) is 10.7. The van der Waals surface area contributed by atoms with E-state index in [9.17, 15) is 9.90 Å². The number of amidine groups is 1. The van der Waals surface area contributed by atoms with Gasteiger partial charge in [0.05, 0.1) is 22.8 Å². The molecule has 1 atom stereocenters. The number of piperidine rings is 1. The van der Waals surface area contributed by atoms with Crippen molar-refractivity contribution in [3.8, 4) is 11.3 Å². The predicted octanol–water partition coefficient (Wildman–Crippen LogP) is 5.33. The Morgan fingerprint density at radius 1 is 1.14 bits per heavy atom. The van der Waals surface area contributed by atoms with Crippen molar-refractivity contribution in [2.75, 3.05) is 24.6 Å². The van der Waals surface area contributed by atoms with Crippen molar-refractivity contribution in [2.24, 2.45) is 23.2 Å². The minimum absolute atomic E-state index is 0.0403. The van der Waals surface area contributed by atoms with Gasteiger partial charge in [-0.1, -0.05) is 18.5 Å². The minimum atomic E-state index is -0.353. The molecule has 5 aromatic rings. The van der Waals surface area contributed by atoms with Crippen molar-refractivity contribution in [3.63, 3.8) is 0 Å². The Morgan fingerprint density at radius 2 is 1.94 bits per heavy atom. The van der Waals surface area contributed by atoms with E-state index < -0.39 is 0 Å². The molecule has 0 spiro atoms. The Bertz CT molecular complexity index is 2170. The van der Waals surface area contributed by atoms with Crippen LogP contribution in [0.2, 0.25) is 5.02 Å². The van der Waals surface area contributed by atoms with E-state index in [4.69, 9.17) is 42.1 Å². The molecule has 14 heteroatoms. The van der Waals surface area contributed by atoms with Crippen LogP contribution in [-0.2, 0) is 18.4 Å². The van der Waals surface area contributed by atoms with Crippen LogP contribution >= 0.6 is 11.6 Å². The number of benzene rings is 1. The molecule has 6 heterocycles. The number of ether oxygens (including phenoxy) is 1. The molecular weight excluding hydrogens is 644 g/mol. The standard InChI is InChI=1S/C35H41ClN10O3/c1-20-16-21(17-45(33(20)48)22-7-8-22)38-34(37)35(2)11-13-44(14-12-35)31-26(19-47)39-30-29(23-9-10-25-24(28(23)36)18-43(3)41-25)42-46(32(30)40-31)27-6-4-5-15-49-27/h9-10,16-18,22,27,47H,4-8,11-15,19H2,1-3H3,(H2,37,38). The maximum atomic E-state index is 12.6. The lowest BCUT2D eigenvalue weighted by Crippen LogP contribution is -2.46. The van der Waals surface area contributed by atoms with Gasteiger partial charge < -0.3 is 25.0 Å². The molecule has 1 aliphatic carbocycles. The fraction of sp³-hybridized carbons (Fsp3) is 0.486. The fourth-order valence-electron chi connectivity index (χ4n) is 7.15. The number of hydrogen-bond acceptors (Lipinski definition) is 9. The maximum absolute atomic E-state index is 12.6. The van der Waals surface area contributed by atoms with E-state index in [0.717, 1.165) is 61.4 Å². The van der Waals surface area contributed by atoms with Crippen molar-refractivity contribution < 1.29 is 9.84 Å². The zero-order valence-electron chi connectivity index (χ0n) is 28.1. The molecule has 3 N–H and O–H groups in total. The summed E-state index contributed by atoms with van der Waals surface area (Å²) in [5.74, 6) is 1.17. The van der Waals surface area contributed by atoms with Crippen LogP contribution in [0.5, 0.6) is 0 Å². The monoisotopic (exact) mass is 684 g/mol. The fourth-order valence-corrected chi connectivity index (χ4v) is 7.44. The number of anilines is 1. The summed E-state index contributed by atoms with van der Waals surface area (Å²) in [6.45, 7) is 5.62. The van der Waals surface area contributed by atoms with Gasteiger partial charge in [-0.2, -0.15) is 10.2 Å². The number of rotatable bonds is 7. The van der Waals surface area contributed by atoms with E-state index in [1.165, 1.54) is 0 Å². The highest BCUT2D eigenvalue weighted by Crippen LogP contribution is 2.40. The highest BCUT2D eigenvalue weighted by Gasteiger charge is 2.36. The number of aliphatic imine (C=N–C) groups is 1. The van der Waals surface area contributed by atoms with Crippen molar-refractivity contribution in [1.82, 2.24) is 34.1 Å². The van der Waals surface area contributed by atoms with Gasteiger partial charge in [-0.15, -0.1) is 0 Å². The molecule has 256 valence electrons. The Labute approximate surface area is 288 Å². The average molecular weight is 685 g/mol. The molecule has 0 bridgehead atoms. The van der Waals surface area contributed by atoms with Crippen LogP contribution in [0.3, 0.4) is 0 Å². The van der Waals surface area contributed by atoms with Gasteiger partial charge in [-0.05, 0) is 70.1 Å². The summed E-state index contributed by atoms with van der Waals surface area (Å²) < 4.78 is 11.6. The Morgan fingerprint density at radius 3 is 2.65 bits per heavy atom. The molecule has 0 amide bonds. The number of hydrogen-bond donors (Lipinski definition) is 2. The first-order chi connectivity index (χ1) is 23.6. The third kappa shape index (κ3) is 5.67. The second-order valence-electron chi connectivity index (χ2n) is 14.0. The molecule has 0 radical (unpaired) electrons. The number of fused-ring (bicyclic) bond motifs is 2. The number of pyridine rings is 1. The van der Waals surface area contributed by atoms with E-state index in [0.29, 0.717) is 70.2 Å². The van der Waals surface area contributed by atoms with Crippen LogP contribution < -0.4 is 16.2 Å². The molecule has 2 aliphatic heterocycles. The van der Waals surface area contributed by atoms with Gasteiger partial charge in [0.25, 0.3) is 5.56 Å². The summed E-state index contributed by atoms with van der Waals surface area (Å²) in [6.07, 6.45) is 9.77. The van der Waals surface area contributed by atoms with Crippen LogP contribution in [0.25, 0.3) is 33.3 Å². The quantitative estimate of drug-likeness (QED) is 0.171. The van der Waals surface area contributed by atoms with E-state index >= 15 is 0 Å². The highest BCUT2D eigenvalue weighted by atomic mass is 35.5. The van der Waals surface area contributed by atoms with E-state index in [2.05, 4.69) is 16.9 Å². The lowest BCUT2D eigenvalue weighted by atomic mass is 9.79. The van der Waals surface area contributed by atoms with Crippen molar-refractivity contribution in [1.29, 1.82) is 0 Å². The lowest BCUT2D eigenvalue weighted by Gasteiger charge is -2.39. The zero-order chi connectivity index (χ0) is 34.0. The molecule has 1 saturated carbocycles. The molecule has 8 rings (SSSR count). The molecule has 2 saturated heterocycles. The molecular formula is C35H41ClN10O3. The first kappa shape index (κ1) is 31.9. The highest BCUT2D eigenvalue weighted by molar-refractivity contribution is 6.38. The van der Waals surface area contributed by atoms with Crippen LogP contribution in [0.4, 0.5) is 11.5 Å². The van der Waals surface area contributed by atoms with Crippen LogP contribution in [-0.4, -0.2) is 64.7 Å². The largest absolute Gasteiger partial charge is 0.390 e. The van der Waals surface area contributed by atoms with Crippen LogP contribution in [0, 0.1) is 12.3 Å². The zero-order valence-corrected chi connectivity index (χ0v) is 28.8. The van der Waals surface area contributed by atoms with Crippen LogP contribution in [0.15, 0.2) is 40.4 Å². The molecule has 13 nitrogen and oxygen atoms in total. The molecule has 1 aromatic carbocycles. The average Bonchev–Trinajstić information content (AvgIpc) is 3.78. The van der Waals surface area contributed by atoms with Gasteiger partial charge in [0.1, 0.15) is 22.7 Å². The third-order valence-electron chi connectivity index (χ3n) is 10.3. The molecule has 3 aliphatic rings. The first-order valence-corrected chi connectivity index (χ1v) is 17.5. The second kappa shape index (κ2) is 12.2. The summed E-state index contributed by atoms with van der Waals surface area (Å²) in [6, 6.07) is 5.93. The lowest BCUT2D eigenvalue weighted by molar-refractivity contribution is -0.0368. The number of aromatic nitrogens is 7. The SMILES string of the molecule is Cc1cc(N=C(N)C2(C)CCN(c3nc4c(nc3CO)c(-c3ccc5nn(C)cc5c3Cl)nn4C3CCCCO3)CC2)cn(C2CC2)c1=O. The summed E-state index contributed by atoms with van der Waals surface area (Å²) in [4.78, 5) is 29.8. The topological polar surface area (TPSA) is 154 Å². The number of aryl methyl sites for hydroxylation is 2. The molecule has 49 heavy (non-hydrogen) atoms. The summed E-state index contributed by atoms with van der Waals surface area (Å²) in [5, 5.41) is 21.5. The summed E-state index contributed by atoms with van der Waals surface area (Å²) in [5.41, 5.74) is 11.5. The first-order valence-electron chi connectivity index (χ1n) is 17.1. The predicted molar refractivity (Wildman–Crippen MR) is 189 cm³/mol. The van der Waals surface area contributed by atoms with Gasteiger partial charge in [0.15, 0.2) is 17.7 Å². The Balaban J connectivity index is 1.13. The number of aliphatic hydroxyl groups excluding tert-OH is 1. The minimum Gasteiger partial charge on any atom is -0.390 e. The second-order valence-corrected chi connectivity index (χ2v) is 14.3. The van der Waals surface area contributed by atoms with Crippen molar-refractivity contribution in [2.45, 2.75) is 77.7 Å². The number of aliphatic hydroxyl groups is 1. The number of nitrogens with zero attached hydrogens (tertiary/aromatic N) is 9. The van der Waals surface area contributed by atoms with Gasteiger partial charge in [0, 0.05) is 67.1 Å². The number of halogens is 1. The van der Waals surface area contributed by atoms with Gasteiger partial charge in [0.2, 0.25) is 0 Å². The molecule has 4 aromatic heterocycles. The van der Waals surface area contributed by atoms with Crippen molar-refractivity contribution in [3.05, 3.63) is 57.2 Å².